The van der Waals surface area contributed by atoms with E-state index in [2.05, 4.69) is 55.4 Å². The molecule has 0 aromatic rings. The van der Waals surface area contributed by atoms with Crippen LogP contribution in [0.4, 0.5) is 0 Å². The minimum Gasteiger partial charge on any atom is -0.462 e. The molecule has 0 saturated carbocycles. The molecule has 522 valence electrons. The molecule has 17 nitrogen and oxygen atoms in total. The molecule has 0 aliphatic heterocycles. The molecule has 0 aromatic carbocycles. The number of ether oxygens (including phenoxy) is 4. The summed E-state index contributed by atoms with van der Waals surface area (Å²) in [6.45, 7) is 14.0. The zero-order chi connectivity index (χ0) is 65.4. The summed E-state index contributed by atoms with van der Waals surface area (Å²) in [7, 11) is -9.90. The Morgan fingerprint density at radius 1 is 0.318 bits per heavy atom. The molecule has 0 bridgehead atoms. The Hall–Kier alpha value is -1.94. The SMILES string of the molecule is CCC(C)CCCCCCCCCCCCCCCCC(=O)O[C@H](COC(=O)CCCCCCCCC(C)C)COP(=O)(O)OC[C@H](O)COP(=O)(O)OC[C@@H](COC(=O)CCCCCCCCCC(C)C)OC(=O)CCCCCCCCCCC(C)C. The highest BCUT2D eigenvalue weighted by molar-refractivity contribution is 7.47. The highest BCUT2D eigenvalue weighted by Crippen LogP contribution is 2.45. The van der Waals surface area contributed by atoms with Gasteiger partial charge in [-0.3, -0.25) is 37.3 Å². The monoisotopic (exact) mass is 1300 g/mol. The summed E-state index contributed by atoms with van der Waals surface area (Å²) in [4.78, 5) is 72.4. The van der Waals surface area contributed by atoms with Crippen LogP contribution in [0.15, 0.2) is 0 Å². The maximum absolute atomic E-state index is 13.0. The van der Waals surface area contributed by atoms with E-state index in [1.807, 2.05) is 0 Å². The van der Waals surface area contributed by atoms with Crippen LogP contribution in [0.1, 0.15) is 338 Å². The molecule has 88 heavy (non-hydrogen) atoms. The Labute approximate surface area is 537 Å². The largest absolute Gasteiger partial charge is 0.472 e. The third kappa shape index (κ3) is 61.6. The summed E-state index contributed by atoms with van der Waals surface area (Å²) in [5.74, 6) is 0.813. The van der Waals surface area contributed by atoms with E-state index in [9.17, 15) is 43.2 Å². The van der Waals surface area contributed by atoms with Crippen molar-refractivity contribution in [1.82, 2.24) is 0 Å². The Bertz CT molecular complexity index is 1750. The van der Waals surface area contributed by atoms with E-state index in [1.54, 1.807) is 0 Å². The third-order valence-corrected chi connectivity index (χ3v) is 18.1. The lowest BCUT2D eigenvalue weighted by Crippen LogP contribution is -2.30. The molecule has 0 radical (unpaired) electrons. The first-order valence-corrected chi connectivity index (χ1v) is 38.7. The molecule has 0 aromatic heterocycles. The van der Waals surface area contributed by atoms with Gasteiger partial charge in [0.25, 0.3) is 0 Å². The van der Waals surface area contributed by atoms with Crippen LogP contribution >= 0.6 is 15.6 Å². The van der Waals surface area contributed by atoms with E-state index in [0.29, 0.717) is 37.5 Å². The zero-order valence-electron chi connectivity index (χ0n) is 57.3. The fourth-order valence-corrected chi connectivity index (χ4v) is 11.9. The number of phosphoric ester groups is 2. The topological polar surface area (TPSA) is 237 Å². The van der Waals surface area contributed by atoms with Crippen molar-refractivity contribution >= 4 is 39.5 Å². The first kappa shape index (κ1) is 86.1. The molecule has 3 N–H and O–H groups in total. The van der Waals surface area contributed by atoms with Crippen LogP contribution in [0.3, 0.4) is 0 Å². The number of carbonyl (C=O) groups is 4. The summed E-state index contributed by atoms with van der Waals surface area (Å²) in [6, 6.07) is 0. The first-order valence-electron chi connectivity index (χ1n) is 35.7. The van der Waals surface area contributed by atoms with Crippen molar-refractivity contribution in [3.05, 3.63) is 0 Å². The van der Waals surface area contributed by atoms with Gasteiger partial charge in [0.05, 0.1) is 26.4 Å². The van der Waals surface area contributed by atoms with Crippen molar-refractivity contribution in [2.75, 3.05) is 39.6 Å². The van der Waals surface area contributed by atoms with Gasteiger partial charge in [0.15, 0.2) is 12.2 Å². The third-order valence-electron chi connectivity index (χ3n) is 16.2. The van der Waals surface area contributed by atoms with Gasteiger partial charge in [-0.2, -0.15) is 0 Å². The van der Waals surface area contributed by atoms with Crippen LogP contribution in [-0.2, 0) is 65.4 Å². The van der Waals surface area contributed by atoms with E-state index < -0.39 is 97.5 Å². The molecule has 0 rings (SSSR count). The van der Waals surface area contributed by atoms with Crippen molar-refractivity contribution in [2.24, 2.45) is 23.7 Å². The van der Waals surface area contributed by atoms with E-state index in [0.717, 1.165) is 115 Å². The Balaban J connectivity index is 5.20. The van der Waals surface area contributed by atoms with Gasteiger partial charge < -0.3 is 33.8 Å². The van der Waals surface area contributed by atoms with Crippen LogP contribution in [0.5, 0.6) is 0 Å². The van der Waals surface area contributed by atoms with Crippen molar-refractivity contribution in [3.8, 4) is 0 Å². The summed E-state index contributed by atoms with van der Waals surface area (Å²) in [5, 5.41) is 10.6. The number of hydrogen-bond donors (Lipinski definition) is 3. The maximum Gasteiger partial charge on any atom is 0.472 e. The second-order valence-corrected chi connectivity index (χ2v) is 29.5. The summed E-state index contributed by atoms with van der Waals surface area (Å²) in [5.41, 5.74) is 0. The molecule has 0 aliphatic rings. The molecule has 3 unspecified atom stereocenters. The van der Waals surface area contributed by atoms with Crippen LogP contribution < -0.4 is 0 Å². The van der Waals surface area contributed by atoms with E-state index in [-0.39, 0.29) is 25.7 Å². The molecule has 19 heteroatoms. The Kier molecular flexibility index (Phi) is 57.6. The highest BCUT2D eigenvalue weighted by atomic mass is 31.2. The van der Waals surface area contributed by atoms with Crippen molar-refractivity contribution in [2.45, 2.75) is 356 Å². The minimum atomic E-state index is -4.95. The van der Waals surface area contributed by atoms with Gasteiger partial charge in [0, 0.05) is 25.7 Å². The number of aliphatic hydroxyl groups is 1. The second-order valence-electron chi connectivity index (χ2n) is 26.6. The molecule has 0 amide bonds. The molecular formula is C69H134O17P2. The number of hydrogen-bond acceptors (Lipinski definition) is 15. The van der Waals surface area contributed by atoms with E-state index >= 15 is 0 Å². The van der Waals surface area contributed by atoms with Gasteiger partial charge in [-0.15, -0.1) is 0 Å². The molecule has 0 saturated heterocycles. The van der Waals surface area contributed by atoms with E-state index in [4.69, 9.17) is 37.0 Å². The molecule has 0 spiro atoms. The lowest BCUT2D eigenvalue weighted by molar-refractivity contribution is -0.161. The van der Waals surface area contributed by atoms with Crippen LogP contribution in [0, 0.1) is 23.7 Å². The first-order chi connectivity index (χ1) is 42.1. The van der Waals surface area contributed by atoms with E-state index in [1.165, 1.54) is 128 Å². The lowest BCUT2D eigenvalue weighted by Gasteiger charge is -2.21. The van der Waals surface area contributed by atoms with Gasteiger partial charge in [-0.05, 0) is 49.4 Å². The average molecular weight is 1300 g/mol. The van der Waals surface area contributed by atoms with Crippen molar-refractivity contribution < 1.29 is 80.2 Å². The van der Waals surface area contributed by atoms with Gasteiger partial charge >= 0.3 is 39.5 Å². The standard InChI is InChI=1S/C69H134O17P2/c1-9-62(8)48-40-32-23-16-14-12-10-11-13-15-17-24-35-43-51-68(73)85-65(56-80-67(72)50-42-34-28-27-31-39-47-61(6)7)58-84-88(77,78)82-54-63(70)53-81-87(75,76)83-57-64(55-79-66(71)49-41-33-26-20-22-30-38-46-60(4)5)86-69(74)52-44-36-25-19-18-21-29-37-45-59(2)3/h59-65,70H,9-58H2,1-8H3,(H,75,76)(H,77,78)/t62?,63-,64-,65-/m1/s1. The quantitative estimate of drug-likeness (QED) is 0.0222. The Morgan fingerprint density at radius 2 is 0.545 bits per heavy atom. The smallest absolute Gasteiger partial charge is 0.462 e. The molecular weight excluding hydrogens is 1160 g/mol. The fraction of sp³-hybridized carbons (Fsp3) is 0.942. The lowest BCUT2D eigenvalue weighted by atomic mass is 9.99. The van der Waals surface area contributed by atoms with Crippen molar-refractivity contribution in [1.29, 1.82) is 0 Å². The number of carbonyl (C=O) groups excluding carboxylic acids is 4. The zero-order valence-corrected chi connectivity index (χ0v) is 59.1. The van der Waals surface area contributed by atoms with Gasteiger partial charge in [0.1, 0.15) is 19.3 Å². The number of aliphatic hydroxyl groups excluding tert-OH is 1. The predicted octanol–water partition coefficient (Wildman–Crippen LogP) is 19.3. The molecule has 6 atom stereocenters. The number of phosphoric acid groups is 2. The molecule has 0 heterocycles. The summed E-state index contributed by atoms with van der Waals surface area (Å²) in [6.07, 6.45) is 40.6. The molecule has 0 aliphatic carbocycles. The predicted molar refractivity (Wildman–Crippen MR) is 354 cm³/mol. The summed E-state index contributed by atoms with van der Waals surface area (Å²) >= 11 is 0. The van der Waals surface area contributed by atoms with Gasteiger partial charge in [-0.25, -0.2) is 9.13 Å². The molecule has 0 fully saturated rings. The maximum atomic E-state index is 13.0. The average Bonchev–Trinajstić information content (AvgIpc) is 3.64. The normalized spacial score (nSPS) is 14.6. The summed E-state index contributed by atoms with van der Waals surface area (Å²) < 4.78 is 68.2. The van der Waals surface area contributed by atoms with Crippen LogP contribution in [0.2, 0.25) is 0 Å². The second kappa shape index (κ2) is 58.8. The number of rotatable bonds is 66. The highest BCUT2D eigenvalue weighted by Gasteiger charge is 2.30. The van der Waals surface area contributed by atoms with Gasteiger partial charge in [-0.1, -0.05) is 287 Å². The minimum absolute atomic E-state index is 0.103. The fourth-order valence-electron chi connectivity index (χ4n) is 10.3. The van der Waals surface area contributed by atoms with Crippen molar-refractivity contribution in [3.63, 3.8) is 0 Å². The van der Waals surface area contributed by atoms with Gasteiger partial charge in [0.2, 0.25) is 0 Å². The van der Waals surface area contributed by atoms with Crippen LogP contribution in [-0.4, -0.2) is 96.7 Å². The number of unbranched alkanes of at least 4 members (excludes halogenated alkanes) is 31. The van der Waals surface area contributed by atoms with Crippen LogP contribution in [0.25, 0.3) is 0 Å². The Morgan fingerprint density at radius 3 is 0.807 bits per heavy atom. The number of esters is 4.